The lowest BCUT2D eigenvalue weighted by atomic mass is 9.95. The number of hydrogen-bond acceptors (Lipinski definition) is 3. The second-order valence-corrected chi connectivity index (χ2v) is 5.90. The molecule has 0 spiro atoms. The fourth-order valence-electron chi connectivity index (χ4n) is 2.10. The molecule has 0 bridgehead atoms. The summed E-state index contributed by atoms with van der Waals surface area (Å²) in [7, 11) is 0. The van der Waals surface area contributed by atoms with E-state index in [1.807, 2.05) is 12.1 Å². The number of benzene rings is 1. The van der Waals surface area contributed by atoms with Crippen LogP contribution in [0.15, 0.2) is 30.3 Å². The molecule has 1 atom stereocenters. The first-order chi connectivity index (χ1) is 10.3. The molecule has 0 aliphatic heterocycles. The van der Waals surface area contributed by atoms with E-state index < -0.39 is 17.6 Å². The summed E-state index contributed by atoms with van der Waals surface area (Å²) < 4.78 is 0. The Kier molecular flexibility index (Phi) is 5.93. The van der Waals surface area contributed by atoms with Crippen molar-refractivity contribution < 1.29 is 14.7 Å². The molecule has 0 saturated carbocycles. The van der Waals surface area contributed by atoms with E-state index in [-0.39, 0.29) is 19.0 Å². The highest BCUT2D eigenvalue weighted by molar-refractivity contribution is 5.84. The number of amides is 2. The number of hydrogen-bond donors (Lipinski definition) is 2. The van der Waals surface area contributed by atoms with Gasteiger partial charge in [0, 0.05) is 12.1 Å². The van der Waals surface area contributed by atoms with Crippen molar-refractivity contribution >= 4 is 12.0 Å². The monoisotopic (exact) mass is 303 g/mol. The molecule has 2 amide bonds. The van der Waals surface area contributed by atoms with Crippen LogP contribution in [0.3, 0.4) is 0 Å². The molecule has 0 saturated heterocycles. The van der Waals surface area contributed by atoms with Gasteiger partial charge in [0.05, 0.1) is 12.0 Å². The highest BCUT2D eigenvalue weighted by Gasteiger charge is 2.32. The minimum Gasteiger partial charge on any atom is -0.465 e. The number of rotatable bonds is 5. The molecule has 1 aromatic rings. The summed E-state index contributed by atoms with van der Waals surface area (Å²) in [5.41, 5.74) is 0.0856. The van der Waals surface area contributed by atoms with Gasteiger partial charge in [0.15, 0.2) is 0 Å². The van der Waals surface area contributed by atoms with E-state index in [1.54, 1.807) is 45.0 Å². The standard InChI is InChI=1S/C16H21N3O3/c1-16(2,3)19(15(21)22)11-13(14(20)18-10-9-17)12-7-5-4-6-8-12/h4-8,13H,10-11H2,1-3H3,(H,18,20)(H,21,22). The molecular weight excluding hydrogens is 282 g/mol. The van der Waals surface area contributed by atoms with Crippen LogP contribution >= 0.6 is 0 Å². The van der Waals surface area contributed by atoms with E-state index in [1.165, 1.54) is 4.90 Å². The molecule has 22 heavy (non-hydrogen) atoms. The molecule has 6 heteroatoms. The third-order valence-corrected chi connectivity index (χ3v) is 3.27. The van der Waals surface area contributed by atoms with Crippen LogP contribution in [0.25, 0.3) is 0 Å². The predicted octanol–water partition coefficient (Wildman–Crippen LogP) is 2.19. The summed E-state index contributed by atoms with van der Waals surface area (Å²) in [6, 6.07) is 10.8. The van der Waals surface area contributed by atoms with Crippen LogP contribution < -0.4 is 5.32 Å². The van der Waals surface area contributed by atoms with E-state index in [2.05, 4.69) is 5.32 Å². The Balaban J connectivity index is 3.08. The summed E-state index contributed by atoms with van der Waals surface area (Å²) in [5.74, 6) is -1.02. The minimum atomic E-state index is -1.08. The van der Waals surface area contributed by atoms with Crippen molar-refractivity contribution in [3.8, 4) is 6.07 Å². The van der Waals surface area contributed by atoms with Gasteiger partial charge in [-0.1, -0.05) is 30.3 Å². The van der Waals surface area contributed by atoms with Crippen LogP contribution in [-0.4, -0.2) is 40.6 Å². The zero-order chi connectivity index (χ0) is 16.8. The van der Waals surface area contributed by atoms with Gasteiger partial charge in [0.2, 0.25) is 5.91 Å². The molecule has 1 aromatic carbocycles. The molecule has 0 aliphatic carbocycles. The van der Waals surface area contributed by atoms with Crippen molar-refractivity contribution in [2.45, 2.75) is 32.2 Å². The second-order valence-electron chi connectivity index (χ2n) is 5.90. The highest BCUT2D eigenvalue weighted by Crippen LogP contribution is 2.22. The zero-order valence-electron chi connectivity index (χ0n) is 13.0. The summed E-state index contributed by atoms with van der Waals surface area (Å²) in [5, 5.41) is 20.5. The molecule has 6 nitrogen and oxygen atoms in total. The van der Waals surface area contributed by atoms with Crippen LogP contribution in [0.5, 0.6) is 0 Å². The van der Waals surface area contributed by atoms with Crippen molar-refractivity contribution in [1.29, 1.82) is 5.26 Å². The zero-order valence-corrected chi connectivity index (χ0v) is 13.0. The van der Waals surface area contributed by atoms with Crippen molar-refractivity contribution in [2.24, 2.45) is 0 Å². The molecule has 0 aliphatic rings. The van der Waals surface area contributed by atoms with Crippen LogP contribution in [0, 0.1) is 11.3 Å². The quantitative estimate of drug-likeness (QED) is 0.815. The van der Waals surface area contributed by atoms with Gasteiger partial charge < -0.3 is 15.3 Å². The van der Waals surface area contributed by atoms with E-state index in [0.717, 1.165) is 0 Å². The maximum atomic E-state index is 12.3. The number of nitrogens with zero attached hydrogens (tertiary/aromatic N) is 2. The number of carbonyl (C=O) groups excluding carboxylic acids is 1. The summed E-state index contributed by atoms with van der Waals surface area (Å²) in [6.07, 6.45) is -1.08. The van der Waals surface area contributed by atoms with Gasteiger partial charge in [-0.05, 0) is 26.3 Å². The number of carboxylic acid groups (broad SMARTS) is 1. The fourth-order valence-corrected chi connectivity index (χ4v) is 2.10. The number of nitrogens with one attached hydrogen (secondary N) is 1. The van der Waals surface area contributed by atoms with E-state index in [9.17, 15) is 14.7 Å². The Morgan fingerprint density at radius 1 is 1.32 bits per heavy atom. The third kappa shape index (κ3) is 4.77. The molecule has 118 valence electrons. The Labute approximate surface area is 130 Å². The highest BCUT2D eigenvalue weighted by atomic mass is 16.4. The number of carbonyl (C=O) groups is 2. The van der Waals surface area contributed by atoms with Gasteiger partial charge in [-0.15, -0.1) is 0 Å². The summed E-state index contributed by atoms with van der Waals surface area (Å²) >= 11 is 0. The maximum absolute atomic E-state index is 12.3. The molecule has 0 fully saturated rings. The van der Waals surface area contributed by atoms with E-state index >= 15 is 0 Å². The van der Waals surface area contributed by atoms with Gasteiger partial charge in [0.1, 0.15) is 6.54 Å². The van der Waals surface area contributed by atoms with Crippen molar-refractivity contribution in [1.82, 2.24) is 10.2 Å². The van der Waals surface area contributed by atoms with Gasteiger partial charge in [0.25, 0.3) is 0 Å². The molecule has 0 aromatic heterocycles. The SMILES string of the molecule is CC(C)(C)N(CC(C(=O)NCC#N)c1ccccc1)C(=O)O. The topological polar surface area (TPSA) is 93.4 Å². The minimum absolute atomic E-state index is 0.0279. The lowest BCUT2D eigenvalue weighted by Crippen LogP contribution is -2.49. The van der Waals surface area contributed by atoms with Crippen LogP contribution in [0.1, 0.15) is 32.3 Å². The smallest absolute Gasteiger partial charge is 0.407 e. The first-order valence-electron chi connectivity index (χ1n) is 6.97. The molecule has 2 N–H and O–H groups in total. The second kappa shape index (κ2) is 7.46. The average molecular weight is 303 g/mol. The Morgan fingerprint density at radius 2 is 1.91 bits per heavy atom. The molecule has 0 heterocycles. The normalized spacial score (nSPS) is 12.1. The summed E-state index contributed by atoms with van der Waals surface area (Å²) in [6.45, 7) is 5.24. The molecule has 0 radical (unpaired) electrons. The fraction of sp³-hybridized carbons (Fsp3) is 0.438. The van der Waals surface area contributed by atoms with Crippen molar-refractivity contribution in [3.05, 3.63) is 35.9 Å². The average Bonchev–Trinajstić information content (AvgIpc) is 2.44. The molecular formula is C16H21N3O3. The number of nitriles is 1. The van der Waals surface area contributed by atoms with Gasteiger partial charge in [-0.3, -0.25) is 4.79 Å². The third-order valence-electron chi connectivity index (χ3n) is 3.27. The van der Waals surface area contributed by atoms with Gasteiger partial charge >= 0.3 is 6.09 Å². The van der Waals surface area contributed by atoms with Crippen LogP contribution in [0.2, 0.25) is 0 Å². The Hall–Kier alpha value is -2.55. The maximum Gasteiger partial charge on any atom is 0.407 e. The lowest BCUT2D eigenvalue weighted by molar-refractivity contribution is -0.122. The van der Waals surface area contributed by atoms with E-state index in [0.29, 0.717) is 5.56 Å². The van der Waals surface area contributed by atoms with E-state index in [4.69, 9.17) is 5.26 Å². The van der Waals surface area contributed by atoms with Gasteiger partial charge in [-0.25, -0.2) is 4.79 Å². The Morgan fingerprint density at radius 3 is 2.36 bits per heavy atom. The van der Waals surface area contributed by atoms with Crippen LogP contribution in [-0.2, 0) is 4.79 Å². The van der Waals surface area contributed by atoms with Crippen molar-refractivity contribution in [2.75, 3.05) is 13.1 Å². The largest absolute Gasteiger partial charge is 0.465 e. The predicted molar refractivity (Wildman–Crippen MR) is 82.3 cm³/mol. The van der Waals surface area contributed by atoms with Crippen LogP contribution in [0.4, 0.5) is 4.79 Å². The van der Waals surface area contributed by atoms with Gasteiger partial charge in [-0.2, -0.15) is 5.26 Å². The Bertz CT molecular complexity index is 558. The van der Waals surface area contributed by atoms with Crippen molar-refractivity contribution in [3.63, 3.8) is 0 Å². The first kappa shape index (κ1) is 17.5. The molecule has 1 rings (SSSR count). The lowest BCUT2D eigenvalue weighted by Gasteiger charge is -2.35. The molecule has 1 unspecified atom stereocenters. The summed E-state index contributed by atoms with van der Waals surface area (Å²) in [4.78, 5) is 25.0. The first-order valence-corrected chi connectivity index (χ1v) is 6.97.